The molecule has 0 saturated heterocycles. The maximum absolute atomic E-state index is 11.4. The van der Waals surface area contributed by atoms with E-state index in [2.05, 4.69) is 33.1 Å². The van der Waals surface area contributed by atoms with E-state index in [4.69, 9.17) is 0 Å². The van der Waals surface area contributed by atoms with Crippen LogP contribution in [0.5, 0.6) is 0 Å². The van der Waals surface area contributed by atoms with Gasteiger partial charge in [-0.15, -0.1) is 0 Å². The highest BCUT2D eigenvalue weighted by Gasteiger charge is 2.29. The van der Waals surface area contributed by atoms with E-state index in [9.17, 15) is 4.79 Å². The minimum absolute atomic E-state index is 0.0462. The van der Waals surface area contributed by atoms with E-state index in [0.717, 1.165) is 24.1 Å². The van der Waals surface area contributed by atoms with Crippen molar-refractivity contribution in [3.05, 3.63) is 33.4 Å². The van der Waals surface area contributed by atoms with Gasteiger partial charge in [-0.1, -0.05) is 12.1 Å². The molecule has 0 aromatic heterocycles. The average molecular weight is 328 g/mol. The lowest BCUT2D eigenvalue weighted by molar-refractivity contribution is -0.122. The lowest BCUT2D eigenvalue weighted by atomic mass is 10.1. The predicted molar refractivity (Wildman–Crippen MR) is 72.2 cm³/mol. The van der Waals surface area contributed by atoms with E-state index in [0.29, 0.717) is 0 Å². The smallest absolute Gasteiger partial charge is 0.243 e. The Morgan fingerprint density at radius 1 is 1.38 bits per heavy atom. The second-order valence-electron chi connectivity index (χ2n) is 3.95. The molecule has 1 N–H and O–H groups in total. The monoisotopic (exact) mass is 328 g/mol. The highest BCUT2D eigenvalue weighted by Crippen LogP contribution is 2.28. The first-order chi connectivity index (χ1) is 7.66. The van der Waals surface area contributed by atoms with Crippen LogP contribution in [0, 0.1) is 9.49 Å². The van der Waals surface area contributed by atoms with Crippen molar-refractivity contribution < 1.29 is 4.79 Å². The summed E-state index contributed by atoms with van der Waals surface area (Å²) in [5, 5.41) is 4.10. The number of amides is 1. The third-order valence-electron chi connectivity index (χ3n) is 2.54. The average Bonchev–Trinajstić information content (AvgIpc) is 3.10. The van der Waals surface area contributed by atoms with Crippen molar-refractivity contribution in [2.75, 3.05) is 0 Å². The number of hydrazone groups is 1. The summed E-state index contributed by atoms with van der Waals surface area (Å²) in [4.78, 5) is 11.4. The van der Waals surface area contributed by atoms with Crippen molar-refractivity contribution in [1.29, 1.82) is 0 Å². The van der Waals surface area contributed by atoms with Crippen molar-refractivity contribution >= 4 is 34.2 Å². The summed E-state index contributed by atoms with van der Waals surface area (Å²) in [5.41, 5.74) is 4.48. The van der Waals surface area contributed by atoms with Gasteiger partial charge in [0.2, 0.25) is 5.91 Å². The number of hydrogen-bond acceptors (Lipinski definition) is 2. The molecule has 0 radical (unpaired) electrons. The molecule has 0 bridgehead atoms. The molecule has 0 heterocycles. The molecule has 16 heavy (non-hydrogen) atoms. The molecule has 0 aliphatic heterocycles. The van der Waals surface area contributed by atoms with Crippen LogP contribution in [0.2, 0.25) is 0 Å². The predicted octanol–water partition coefficient (Wildman–Crippen LogP) is 2.54. The van der Waals surface area contributed by atoms with Gasteiger partial charge >= 0.3 is 0 Å². The fourth-order valence-electron chi connectivity index (χ4n) is 1.33. The summed E-state index contributed by atoms with van der Waals surface area (Å²) < 4.78 is 1.19. The van der Waals surface area contributed by atoms with Crippen molar-refractivity contribution in [2.45, 2.75) is 19.8 Å². The lowest BCUT2D eigenvalue weighted by Gasteiger charge is -2.02. The summed E-state index contributed by atoms with van der Waals surface area (Å²) in [7, 11) is 0. The van der Waals surface area contributed by atoms with Crippen LogP contribution in [0.15, 0.2) is 29.4 Å². The van der Waals surface area contributed by atoms with Crippen LogP contribution in [-0.4, -0.2) is 11.6 Å². The topological polar surface area (TPSA) is 41.5 Å². The van der Waals surface area contributed by atoms with Crippen LogP contribution >= 0.6 is 22.6 Å². The quantitative estimate of drug-likeness (QED) is 0.517. The van der Waals surface area contributed by atoms with Gasteiger partial charge < -0.3 is 0 Å². The van der Waals surface area contributed by atoms with E-state index < -0.39 is 0 Å². The van der Waals surface area contributed by atoms with Gasteiger partial charge in [-0.3, -0.25) is 4.79 Å². The first-order valence-electron chi connectivity index (χ1n) is 5.27. The van der Waals surface area contributed by atoms with Crippen molar-refractivity contribution in [3.8, 4) is 0 Å². The van der Waals surface area contributed by atoms with Crippen LogP contribution in [0.4, 0.5) is 0 Å². The summed E-state index contributed by atoms with van der Waals surface area (Å²) in [5.74, 6) is 0.248. The Kier molecular flexibility index (Phi) is 3.58. The lowest BCUT2D eigenvalue weighted by Crippen LogP contribution is -2.20. The Morgan fingerprint density at radius 3 is 2.56 bits per heavy atom. The third-order valence-corrected chi connectivity index (χ3v) is 3.26. The SMILES string of the molecule is C/C(=N/NC(=O)C1CC1)c1ccc(I)cc1. The Morgan fingerprint density at radius 2 is 2.00 bits per heavy atom. The molecular formula is C12H13IN2O. The Hall–Kier alpha value is -0.910. The largest absolute Gasteiger partial charge is 0.273 e. The molecular weight excluding hydrogens is 315 g/mol. The van der Waals surface area contributed by atoms with Gasteiger partial charge in [0.25, 0.3) is 0 Å². The van der Waals surface area contributed by atoms with Crippen molar-refractivity contribution in [2.24, 2.45) is 11.0 Å². The van der Waals surface area contributed by atoms with E-state index in [-0.39, 0.29) is 11.8 Å². The molecule has 0 atom stereocenters. The second-order valence-corrected chi connectivity index (χ2v) is 5.20. The van der Waals surface area contributed by atoms with Gasteiger partial charge in [0.15, 0.2) is 0 Å². The molecule has 1 aliphatic carbocycles. The highest BCUT2D eigenvalue weighted by atomic mass is 127. The molecule has 4 heteroatoms. The fourth-order valence-corrected chi connectivity index (χ4v) is 1.69. The number of carbonyl (C=O) groups excluding carboxylic acids is 1. The van der Waals surface area contributed by atoms with Crippen LogP contribution < -0.4 is 5.43 Å². The number of nitrogens with one attached hydrogen (secondary N) is 1. The molecule has 1 saturated carbocycles. The molecule has 1 fully saturated rings. The summed E-state index contributed by atoms with van der Waals surface area (Å²) in [6.45, 7) is 1.90. The van der Waals surface area contributed by atoms with E-state index in [1.54, 1.807) is 0 Å². The molecule has 1 aromatic carbocycles. The normalized spacial score (nSPS) is 16.0. The van der Waals surface area contributed by atoms with Crippen molar-refractivity contribution in [3.63, 3.8) is 0 Å². The number of nitrogens with zero attached hydrogens (tertiary/aromatic N) is 1. The zero-order valence-corrected chi connectivity index (χ0v) is 11.2. The first-order valence-corrected chi connectivity index (χ1v) is 6.35. The standard InChI is InChI=1S/C12H13IN2O/c1-8(9-4-6-11(13)7-5-9)14-15-12(16)10-2-3-10/h4-7,10H,2-3H2,1H3,(H,15,16)/b14-8-. The number of rotatable bonds is 3. The minimum Gasteiger partial charge on any atom is -0.273 e. The molecule has 84 valence electrons. The first kappa shape index (κ1) is 11.6. The third kappa shape index (κ3) is 3.04. The molecule has 3 nitrogen and oxygen atoms in total. The Labute approximate surface area is 108 Å². The van der Waals surface area contributed by atoms with Crippen LogP contribution in [0.3, 0.4) is 0 Å². The number of hydrogen-bond donors (Lipinski definition) is 1. The Balaban J connectivity index is 2.00. The van der Waals surface area contributed by atoms with Gasteiger partial charge in [-0.05, 0) is 60.1 Å². The van der Waals surface area contributed by atoms with Gasteiger partial charge in [0.05, 0.1) is 5.71 Å². The summed E-state index contributed by atoms with van der Waals surface area (Å²) >= 11 is 2.26. The summed E-state index contributed by atoms with van der Waals surface area (Å²) in [6.07, 6.45) is 2.01. The minimum atomic E-state index is 0.0462. The van der Waals surface area contributed by atoms with Gasteiger partial charge in [0, 0.05) is 9.49 Å². The van der Waals surface area contributed by atoms with Crippen molar-refractivity contribution in [1.82, 2.24) is 5.43 Å². The van der Waals surface area contributed by atoms with Crippen LogP contribution in [-0.2, 0) is 4.79 Å². The number of carbonyl (C=O) groups is 1. The summed E-state index contributed by atoms with van der Waals surface area (Å²) in [6, 6.07) is 8.06. The Bertz CT molecular complexity index is 421. The fraction of sp³-hybridized carbons (Fsp3) is 0.333. The van der Waals surface area contributed by atoms with E-state index >= 15 is 0 Å². The molecule has 1 amide bonds. The maximum atomic E-state index is 11.4. The van der Waals surface area contributed by atoms with Gasteiger partial charge in [-0.2, -0.15) is 5.10 Å². The highest BCUT2D eigenvalue weighted by molar-refractivity contribution is 14.1. The zero-order chi connectivity index (χ0) is 11.5. The van der Waals surface area contributed by atoms with Crippen LogP contribution in [0.25, 0.3) is 0 Å². The van der Waals surface area contributed by atoms with Gasteiger partial charge in [0.1, 0.15) is 0 Å². The van der Waals surface area contributed by atoms with E-state index in [1.807, 2.05) is 31.2 Å². The molecule has 2 rings (SSSR count). The molecule has 0 unspecified atom stereocenters. The molecule has 0 spiro atoms. The molecule has 1 aliphatic rings. The zero-order valence-electron chi connectivity index (χ0n) is 9.03. The van der Waals surface area contributed by atoms with E-state index in [1.165, 1.54) is 3.57 Å². The maximum Gasteiger partial charge on any atom is 0.243 e. The van der Waals surface area contributed by atoms with Gasteiger partial charge in [-0.25, -0.2) is 5.43 Å². The second kappa shape index (κ2) is 4.95. The number of halogens is 1. The molecule has 1 aromatic rings. The number of benzene rings is 1. The van der Waals surface area contributed by atoms with Crippen LogP contribution in [0.1, 0.15) is 25.3 Å².